The van der Waals surface area contributed by atoms with Crippen molar-refractivity contribution in [1.82, 2.24) is 25.1 Å². The second-order valence-corrected chi connectivity index (χ2v) is 9.12. The number of fused-ring (bicyclic) bond motifs is 1. The molecule has 0 bridgehead atoms. The average molecular weight is 482 g/mol. The van der Waals surface area contributed by atoms with E-state index in [0.29, 0.717) is 18.7 Å². The molecule has 11 heteroatoms. The molecular formula is C23H27N7O3S. The molecule has 2 aromatic heterocycles. The lowest BCUT2D eigenvalue weighted by Gasteiger charge is -2.28. The van der Waals surface area contributed by atoms with Crippen LogP contribution in [0.3, 0.4) is 0 Å². The molecule has 0 saturated carbocycles. The topological polar surface area (TPSA) is 119 Å². The predicted octanol–water partition coefficient (Wildman–Crippen LogP) is 3.67. The summed E-state index contributed by atoms with van der Waals surface area (Å²) in [6, 6.07) is 6.02. The van der Waals surface area contributed by atoms with Crippen molar-refractivity contribution in [1.29, 1.82) is 0 Å². The molecule has 0 atom stereocenters. The summed E-state index contributed by atoms with van der Waals surface area (Å²) in [5.41, 5.74) is 1.50. The van der Waals surface area contributed by atoms with E-state index in [2.05, 4.69) is 22.2 Å². The molecule has 178 valence electrons. The van der Waals surface area contributed by atoms with Crippen molar-refractivity contribution in [2.24, 2.45) is 0 Å². The fourth-order valence-electron chi connectivity index (χ4n) is 3.85. The number of anilines is 1. The summed E-state index contributed by atoms with van der Waals surface area (Å²) in [6.07, 6.45) is 8.42. The largest absolute Gasteiger partial charge is 0.356 e. The second-order valence-electron chi connectivity index (χ2n) is 7.89. The molecular weight excluding hydrogens is 454 g/mol. The lowest BCUT2D eigenvalue weighted by Crippen LogP contribution is -2.30. The monoisotopic (exact) mass is 481 g/mol. The number of piperidine rings is 1. The molecule has 0 radical (unpaired) electrons. The van der Waals surface area contributed by atoms with E-state index in [1.165, 1.54) is 24.6 Å². The van der Waals surface area contributed by atoms with Gasteiger partial charge in [0.15, 0.2) is 10.8 Å². The Labute approximate surface area is 201 Å². The maximum atomic E-state index is 12.2. The van der Waals surface area contributed by atoms with Gasteiger partial charge in [0, 0.05) is 37.8 Å². The summed E-state index contributed by atoms with van der Waals surface area (Å²) in [5, 5.41) is 19.8. The summed E-state index contributed by atoms with van der Waals surface area (Å²) in [4.78, 5) is 34.3. The number of nitrogens with zero attached hydrogens (tertiary/aromatic N) is 6. The Hall–Kier alpha value is -3.47. The van der Waals surface area contributed by atoms with E-state index in [-0.39, 0.29) is 11.6 Å². The van der Waals surface area contributed by atoms with Crippen molar-refractivity contribution in [2.45, 2.75) is 37.9 Å². The molecule has 0 spiro atoms. The van der Waals surface area contributed by atoms with Gasteiger partial charge in [-0.05, 0) is 48.8 Å². The van der Waals surface area contributed by atoms with Crippen LogP contribution in [0.4, 0.5) is 11.5 Å². The fourth-order valence-corrected chi connectivity index (χ4v) is 4.41. The third kappa shape index (κ3) is 5.71. The number of benzene rings is 1. The molecule has 1 aliphatic heterocycles. The standard InChI is InChI=1S/C23H27N7O3S/c1-2-34-23-26-21(28-13-4-3-5-14-28)19-16-25-29(22(19)27-23)15-12-24-20(31)11-8-17-6-9-18(10-7-17)30(32)33/h6-11,16H,2-5,12-15H2,1H3,(H,24,31). The van der Waals surface area contributed by atoms with E-state index in [0.717, 1.165) is 53.7 Å². The number of hydrogen-bond acceptors (Lipinski definition) is 8. The second kappa shape index (κ2) is 11.1. The Bertz CT molecular complexity index is 1190. The first-order chi connectivity index (χ1) is 16.5. The molecule has 0 unspecified atom stereocenters. The summed E-state index contributed by atoms with van der Waals surface area (Å²) < 4.78 is 1.81. The van der Waals surface area contributed by atoms with Gasteiger partial charge < -0.3 is 10.2 Å². The zero-order valence-corrected chi connectivity index (χ0v) is 19.8. The molecule has 1 aliphatic rings. The van der Waals surface area contributed by atoms with Crippen molar-refractivity contribution < 1.29 is 9.72 Å². The van der Waals surface area contributed by atoms with Gasteiger partial charge in [0.1, 0.15) is 5.82 Å². The number of nitro groups is 1. The van der Waals surface area contributed by atoms with Crippen molar-refractivity contribution >= 4 is 46.3 Å². The molecule has 1 fully saturated rings. The van der Waals surface area contributed by atoms with Gasteiger partial charge in [0.2, 0.25) is 5.91 Å². The minimum absolute atomic E-state index is 0.0146. The highest BCUT2D eigenvalue weighted by molar-refractivity contribution is 7.99. The van der Waals surface area contributed by atoms with Gasteiger partial charge in [-0.1, -0.05) is 18.7 Å². The van der Waals surface area contributed by atoms with Crippen molar-refractivity contribution in [3.05, 3.63) is 52.2 Å². The van der Waals surface area contributed by atoms with Crippen LogP contribution in [0.1, 0.15) is 31.7 Å². The minimum atomic E-state index is -0.455. The average Bonchev–Trinajstić information content (AvgIpc) is 3.26. The van der Waals surface area contributed by atoms with Gasteiger partial charge in [-0.2, -0.15) is 5.10 Å². The number of carbonyl (C=O) groups excluding carboxylic acids is 1. The molecule has 3 heterocycles. The maximum absolute atomic E-state index is 12.2. The Morgan fingerprint density at radius 3 is 2.68 bits per heavy atom. The van der Waals surface area contributed by atoms with Crippen LogP contribution in [-0.4, -0.2) is 56.0 Å². The summed E-state index contributed by atoms with van der Waals surface area (Å²) in [6.45, 7) is 4.93. The molecule has 34 heavy (non-hydrogen) atoms. The van der Waals surface area contributed by atoms with Gasteiger partial charge in [-0.15, -0.1) is 0 Å². The predicted molar refractivity (Wildman–Crippen MR) is 133 cm³/mol. The lowest BCUT2D eigenvalue weighted by atomic mass is 10.1. The van der Waals surface area contributed by atoms with Gasteiger partial charge in [0.05, 0.1) is 23.1 Å². The zero-order chi connectivity index (χ0) is 23.9. The SMILES string of the molecule is CCSc1nc(N2CCCCC2)c2cnn(CCNC(=O)C=Cc3ccc([N+](=O)[O-])cc3)c2n1. The zero-order valence-electron chi connectivity index (χ0n) is 19.0. The Morgan fingerprint density at radius 2 is 1.97 bits per heavy atom. The number of nitro benzene ring substituents is 1. The van der Waals surface area contributed by atoms with Crippen LogP contribution in [-0.2, 0) is 11.3 Å². The quantitative estimate of drug-likeness (QED) is 0.162. The maximum Gasteiger partial charge on any atom is 0.269 e. The van der Waals surface area contributed by atoms with Crippen LogP contribution < -0.4 is 10.2 Å². The number of hydrogen-bond donors (Lipinski definition) is 1. The summed E-state index contributed by atoms with van der Waals surface area (Å²) in [5.74, 6) is 1.58. The van der Waals surface area contributed by atoms with E-state index in [9.17, 15) is 14.9 Å². The van der Waals surface area contributed by atoms with E-state index in [4.69, 9.17) is 9.97 Å². The molecule has 4 rings (SSSR count). The van der Waals surface area contributed by atoms with E-state index < -0.39 is 4.92 Å². The Morgan fingerprint density at radius 1 is 1.21 bits per heavy atom. The normalized spacial score (nSPS) is 14.1. The number of nitrogens with one attached hydrogen (secondary N) is 1. The smallest absolute Gasteiger partial charge is 0.269 e. The van der Waals surface area contributed by atoms with Gasteiger partial charge >= 0.3 is 0 Å². The van der Waals surface area contributed by atoms with Crippen molar-refractivity contribution in [3.63, 3.8) is 0 Å². The van der Waals surface area contributed by atoms with E-state index >= 15 is 0 Å². The lowest BCUT2D eigenvalue weighted by molar-refractivity contribution is -0.384. The number of aromatic nitrogens is 4. The first-order valence-electron chi connectivity index (χ1n) is 11.4. The molecule has 1 amide bonds. The minimum Gasteiger partial charge on any atom is -0.356 e. The highest BCUT2D eigenvalue weighted by Gasteiger charge is 2.19. The number of thioether (sulfide) groups is 1. The Balaban J connectivity index is 1.41. The van der Waals surface area contributed by atoms with Crippen LogP contribution in [0.2, 0.25) is 0 Å². The summed E-state index contributed by atoms with van der Waals surface area (Å²) >= 11 is 1.61. The molecule has 3 aromatic rings. The summed E-state index contributed by atoms with van der Waals surface area (Å²) in [7, 11) is 0. The van der Waals surface area contributed by atoms with Gasteiger partial charge in [0.25, 0.3) is 5.69 Å². The first-order valence-corrected chi connectivity index (χ1v) is 12.4. The highest BCUT2D eigenvalue weighted by Crippen LogP contribution is 2.29. The van der Waals surface area contributed by atoms with Crippen LogP contribution in [0.5, 0.6) is 0 Å². The van der Waals surface area contributed by atoms with Crippen LogP contribution in [0, 0.1) is 10.1 Å². The molecule has 10 nitrogen and oxygen atoms in total. The molecule has 1 saturated heterocycles. The van der Waals surface area contributed by atoms with Gasteiger partial charge in [-0.3, -0.25) is 14.9 Å². The number of carbonyl (C=O) groups is 1. The number of non-ortho nitro benzene ring substituents is 1. The van der Waals surface area contributed by atoms with Crippen LogP contribution in [0.25, 0.3) is 17.1 Å². The van der Waals surface area contributed by atoms with E-state index in [1.54, 1.807) is 30.0 Å². The Kier molecular flexibility index (Phi) is 7.73. The van der Waals surface area contributed by atoms with Gasteiger partial charge in [-0.25, -0.2) is 14.6 Å². The van der Waals surface area contributed by atoms with Crippen molar-refractivity contribution in [3.8, 4) is 0 Å². The van der Waals surface area contributed by atoms with Crippen LogP contribution in [0.15, 0.2) is 41.7 Å². The fraction of sp³-hybridized carbons (Fsp3) is 0.391. The molecule has 0 aliphatic carbocycles. The van der Waals surface area contributed by atoms with Crippen molar-refractivity contribution in [2.75, 3.05) is 30.3 Å². The third-order valence-corrected chi connectivity index (χ3v) is 6.27. The number of amides is 1. The molecule has 1 aromatic carbocycles. The first kappa shape index (κ1) is 23.7. The third-order valence-electron chi connectivity index (χ3n) is 5.54. The number of rotatable bonds is 9. The highest BCUT2D eigenvalue weighted by atomic mass is 32.2. The molecule has 1 N–H and O–H groups in total. The van der Waals surface area contributed by atoms with Crippen LogP contribution >= 0.6 is 11.8 Å². The van der Waals surface area contributed by atoms with E-state index in [1.807, 2.05) is 10.9 Å².